The summed E-state index contributed by atoms with van der Waals surface area (Å²) in [6.45, 7) is 0. The SMILES string of the molecule is Clc1cc(I)cc2c1[nH]c1ccc(I)cc12. The topological polar surface area (TPSA) is 15.8 Å². The van der Waals surface area contributed by atoms with Crippen LogP contribution in [-0.4, -0.2) is 4.98 Å². The van der Waals surface area contributed by atoms with Crippen LogP contribution in [0.3, 0.4) is 0 Å². The van der Waals surface area contributed by atoms with Crippen molar-refractivity contribution in [1.82, 2.24) is 4.98 Å². The molecule has 0 spiro atoms. The molecule has 2 aromatic carbocycles. The molecule has 3 rings (SSSR count). The normalized spacial score (nSPS) is 11.4. The molecule has 80 valence electrons. The summed E-state index contributed by atoms with van der Waals surface area (Å²) in [4.78, 5) is 3.36. The fourth-order valence-electron chi connectivity index (χ4n) is 1.90. The molecule has 0 unspecified atom stereocenters. The molecule has 0 fully saturated rings. The van der Waals surface area contributed by atoms with E-state index in [1.54, 1.807) is 0 Å². The molecule has 0 atom stereocenters. The first-order valence-corrected chi connectivity index (χ1v) is 7.25. The highest BCUT2D eigenvalue weighted by molar-refractivity contribution is 14.1. The molecule has 1 N–H and O–H groups in total. The largest absolute Gasteiger partial charge is 0.353 e. The molecular weight excluding hydrogens is 447 g/mol. The number of fused-ring (bicyclic) bond motifs is 3. The highest BCUT2D eigenvalue weighted by Crippen LogP contribution is 2.32. The first-order chi connectivity index (χ1) is 7.65. The number of aromatic amines is 1. The van der Waals surface area contributed by atoms with Crippen molar-refractivity contribution in [2.75, 3.05) is 0 Å². The van der Waals surface area contributed by atoms with Crippen molar-refractivity contribution in [1.29, 1.82) is 0 Å². The van der Waals surface area contributed by atoms with Crippen molar-refractivity contribution in [3.8, 4) is 0 Å². The lowest BCUT2D eigenvalue weighted by molar-refractivity contribution is 1.54. The van der Waals surface area contributed by atoms with E-state index in [-0.39, 0.29) is 0 Å². The van der Waals surface area contributed by atoms with Crippen molar-refractivity contribution in [3.05, 3.63) is 42.5 Å². The van der Waals surface area contributed by atoms with Gasteiger partial charge in [-0.3, -0.25) is 0 Å². The lowest BCUT2D eigenvalue weighted by Crippen LogP contribution is -1.74. The van der Waals surface area contributed by atoms with Gasteiger partial charge in [-0.2, -0.15) is 0 Å². The lowest BCUT2D eigenvalue weighted by atomic mass is 10.1. The zero-order valence-electron chi connectivity index (χ0n) is 8.02. The van der Waals surface area contributed by atoms with Crippen LogP contribution in [0.2, 0.25) is 5.02 Å². The second-order valence-electron chi connectivity index (χ2n) is 3.63. The van der Waals surface area contributed by atoms with Gasteiger partial charge in [0, 0.05) is 23.4 Å². The van der Waals surface area contributed by atoms with Gasteiger partial charge < -0.3 is 4.98 Å². The first kappa shape index (κ1) is 11.1. The number of nitrogens with one attached hydrogen (secondary N) is 1. The minimum Gasteiger partial charge on any atom is -0.353 e. The van der Waals surface area contributed by atoms with Crippen LogP contribution in [0.4, 0.5) is 0 Å². The van der Waals surface area contributed by atoms with Gasteiger partial charge in [-0.15, -0.1) is 0 Å². The molecule has 0 aliphatic carbocycles. The standard InChI is InChI=1S/C12H6ClI2N/c13-10-5-7(15)4-9-8-3-6(14)1-2-11(8)16-12(9)10/h1-5,16H. The number of halogens is 3. The van der Waals surface area contributed by atoms with E-state index in [0.717, 1.165) is 19.6 Å². The van der Waals surface area contributed by atoms with Gasteiger partial charge in [0.25, 0.3) is 0 Å². The Bertz CT molecular complexity index is 703. The average molecular weight is 453 g/mol. The van der Waals surface area contributed by atoms with E-state index < -0.39 is 0 Å². The smallest absolute Gasteiger partial charge is 0.0657 e. The highest BCUT2D eigenvalue weighted by atomic mass is 127. The zero-order chi connectivity index (χ0) is 11.3. The number of aromatic nitrogens is 1. The molecule has 0 radical (unpaired) electrons. The third-order valence-corrected chi connectivity index (χ3v) is 4.18. The lowest BCUT2D eigenvalue weighted by Gasteiger charge is -1.96. The van der Waals surface area contributed by atoms with Crippen molar-refractivity contribution in [2.45, 2.75) is 0 Å². The summed E-state index contributed by atoms with van der Waals surface area (Å²) in [7, 11) is 0. The third-order valence-electron chi connectivity index (χ3n) is 2.59. The Morgan fingerprint density at radius 3 is 2.50 bits per heavy atom. The summed E-state index contributed by atoms with van der Waals surface area (Å²) >= 11 is 10.9. The summed E-state index contributed by atoms with van der Waals surface area (Å²) in [5, 5.41) is 3.22. The average Bonchev–Trinajstić information content (AvgIpc) is 2.57. The Hall–Kier alpha value is -0.0100. The van der Waals surface area contributed by atoms with E-state index in [1.807, 2.05) is 6.07 Å². The summed E-state index contributed by atoms with van der Waals surface area (Å²) in [5.74, 6) is 0. The minimum absolute atomic E-state index is 0.785. The van der Waals surface area contributed by atoms with Crippen LogP contribution < -0.4 is 0 Å². The summed E-state index contributed by atoms with van der Waals surface area (Å²) < 4.78 is 2.40. The second kappa shape index (κ2) is 4.03. The van der Waals surface area contributed by atoms with Gasteiger partial charge >= 0.3 is 0 Å². The van der Waals surface area contributed by atoms with Crippen molar-refractivity contribution >= 4 is 78.6 Å². The van der Waals surface area contributed by atoms with Gasteiger partial charge in [-0.05, 0) is 75.5 Å². The van der Waals surface area contributed by atoms with Gasteiger partial charge in [0.15, 0.2) is 0 Å². The molecule has 1 nitrogen and oxygen atoms in total. The van der Waals surface area contributed by atoms with Crippen LogP contribution in [0.5, 0.6) is 0 Å². The number of rotatable bonds is 0. The van der Waals surface area contributed by atoms with Crippen molar-refractivity contribution in [2.24, 2.45) is 0 Å². The predicted octanol–water partition coefficient (Wildman–Crippen LogP) is 5.18. The molecule has 1 heterocycles. The second-order valence-corrected chi connectivity index (χ2v) is 6.52. The van der Waals surface area contributed by atoms with Gasteiger partial charge in [0.05, 0.1) is 10.5 Å². The maximum absolute atomic E-state index is 6.24. The Balaban J connectivity index is 2.57. The maximum Gasteiger partial charge on any atom is 0.0657 e. The molecule has 0 aliphatic heterocycles. The van der Waals surface area contributed by atoms with E-state index in [0.29, 0.717) is 0 Å². The fraction of sp³-hybridized carbons (Fsp3) is 0. The van der Waals surface area contributed by atoms with Gasteiger partial charge in [0.2, 0.25) is 0 Å². The van der Waals surface area contributed by atoms with Gasteiger partial charge in [0.1, 0.15) is 0 Å². The van der Waals surface area contributed by atoms with E-state index in [1.165, 1.54) is 14.3 Å². The Morgan fingerprint density at radius 2 is 1.69 bits per heavy atom. The molecule has 4 heteroatoms. The molecule has 0 aliphatic rings. The van der Waals surface area contributed by atoms with Crippen molar-refractivity contribution < 1.29 is 0 Å². The Kier molecular flexibility index (Phi) is 2.79. The summed E-state index contributed by atoms with van der Waals surface area (Å²) in [5.41, 5.74) is 2.17. The third kappa shape index (κ3) is 1.73. The van der Waals surface area contributed by atoms with Gasteiger partial charge in [-0.25, -0.2) is 0 Å². The van der Waals surface area contributed by atoms with Crippen LogP contribution in [0.15, 0.2) is 30.3 Å². The minimum atomic E-state index is 0.785. The Labute approximate surface area is 125 Å². The quantitative estimate of drug-likeness (QED) is 0.452. The van der Waals surface area contributed by atoms with Crippen LogP contribution >= 0.6 is 56.8 Å². The first-order valence-electron chi connectivity index (χ1n) is 4.71. The molecule has 0 saturated heterocycles. The monoisotopic (exact) mass is 453 g/mol. The number of hydrogen-bond acceptors (Lipinski definition) is 0. The van der Waals surface area contributed by atoms with Crippen LogP contribution in [0, 0.1) is 7.14 Å². The maximum atomic E-state index is 6.24. The Morgan fingerprint density at radius 1 is 0.938 bits per heavy atom. The summed E-state index contributed by atoms with van der Waals surface area (Å²) in [6.07, 6.45) is 0. The molecule has 1 aromatic heterocycles. The van der Waals surface area contributed by atoms with Crippen LogP contribution in [0.25, 0.3) is 21.8 Å². The predicted molar refractivity (Wildman–Crippen MR) is 86.2 cm³/mol. The number of benzene rings is 2. The van der Waals surface area contributed by atoms with Crippen LogP contribution in [-0.2, 0) is 0 Å². The molecule has 0 bridgehead atoms. The van der Waals surface area contributed by atoms with E-state index in [2.05, 4.69) is 74.4 Å². The molecule has 3 aromatic rings. The number of hydrogen-bond donors (Lipinski definition) is 1. The van der Waals surface area contributed by atoms with E-state index in [9.17, 15) is 0 Å². The van der Waals surface area contributed by atoms with Crippen molar-refractivity contribution in [3.63, 3.8) is 0 Å². The summed E-state index contributed by atoms with van der Waals surface area (Å²) in [6, 6.07) is 10.5. The van der Waals surface area contributed by atoms with Gasteiger partial charge in [-0.1, -0.05) is 11.6 Å². The van der Waals surface area contributed by atoms with Crippen LogP contribution in [0.1, 0.15) is 0 Å². The number of H-pyrrole nitrogens is 1. The molecule has 0 saturated carbocycles. The molecule has 16 heavy (non-hydrogen) atoms. The molecule has 0 amide bonds. The van der Waals surface area contributed by atoms with E-state index in [4.69, 9.17) is 11.6 Å². The zero-order valence-corrected chi connectivity index (χ0v) is 13.1. The fourth-order valence-corrected chi connectivity index (χ4v) is 3.46. The van der Waals surface area contributed by atoms with E-state index >= 15 is 0 Å². The molecular formula is C12H6ClI2N. The highest BCUT2D eigenvalue weighted by Gasteiger charge is 2.08.